The molecule has 0 unspecified atom stereocenters. The molecule has 33 heavy (non-hydrogen) atoms. The Hall–Kier alpha value is -3.66. The van der Waals surface area contributed by atoms with Crippen LogP contribution in [0.2, 0.25) is 0 Å². The standard InChI is InChI=1S/C23H23FN4O5/c24-17-10-15-19(28(14-3-4-14)12-16(22(15)29)23(30)31)11-20(17)27-7-5-26(6-8-27)13-18(25-32)21-2-1-9-33-21/h1-2,9-12,14,32H,3-8,13H2,(H,30,31)/b25-18-. The Morgan fingerprint density at radius 3 is 2.58 bits per heavy atom. The van der Waals surface area contributed by atoms with Crippen LogP contribution in [0.15, 0.2) is 51.1 Å². The zero-order valence-corrected chi connectivity index (χ0v) is 17.8. The van der Waals surface area contributed by atoms with Gasteiger partial charge >= 0.3 is 5.97 Å². The van der Waals surface area contributed by atoms with Crippen molar-refractivity contribution in [1.29, 1.82) is 0 Å². The highest BCUT2D eigenvalue weighted by molar-refractivity contribution is 5.99. The molecule has 1 saturated carbocycles. The van der Waals surface area contributed by atoms with Crippen molar-refractivity contribution < 1.29 is 23.9 Å². The van der Waals surface area contributed by atoms with E-state index in [0.29, 0.717) is 55.4 Å². The lowest BCUT2D eigenvalue weighted by atomic mass is 10.1. The molecule has 1 aromatic carbocycles. The Bertz CT molecular complexity index is 1290. The maximum Gasteiger partial charge on any atom is 0.341 e. The number of carboxylic acid groups (broad SMARTS) is 1. The first-order chi connectivity index (χ1) is 16.0. The maximum atomic E-state index is 15.1. The molecule has 2 aromatic heterocycles. The van der Waals surface area contributed by atoms with E-state index in [4.69, 9.17) is 4.42 Å². The smallest absolute Gasteiger partial charge is 0.341 e. The van der Waals surface area contributed by atoms with Gasteiger partial charge in [0.1, 0.15) is 17.1 Å². The highest BCUT2D eigenvalue weighted by Crippen LogP contribution is 2.38. The van der Waals surface area contributed by atoms with E-state index in [1.54, 1.807) is 22.8 Å². The van der Waals surface area contributed by atoms with Crippen molar-refractivity contribution in [3.63, 3.8) is 0 Å². The molecule has 0 radical (unpaired) electrons. The van der Waals surface area contributed by atoms with Gasteiger partial charge in [-0.1, -0.05) is 5.16 Å². The Morgan fingerprint density at radius 1 is 1.21 bits per heavy atom. The van der Waals surface area contributed by atoms with Crippen LogP contribution < -0.4 is 10.3 Å². The fourth-order valence-electron chi connectivity index (χ4n) is 4.37. The summed E-state index contributed by atoms with van der Waals surface area (Å²) in [5.74, 6) is -1.36. The average molecular weight is 454 g/mol. The fraction of sp³-hybridized carbons (Fsp3) is 0.348. The molecule has 0 spiro atoms. The number of carboxylic acids is 1. The van der Waals surface area contributed by atoms with Gasteiger partial charge in [0, 0.05) is 50.3 Å². The molecule has 9 nitrogen and oxygen atoms in total. The molecule has 1 aliphatic heterocycles. The van der Waals surface area contributed by atoms with Gasteiger partial charge in [-0.15, -0.1) is 0 Å². The molecule has 5 rings (SSSR count). The van der Waals surface area contributed by atoms with Gasteiger partial charge in [-0.3, -0.25) is 9.69 Å². The number of fused-ring (bicyclic) bond motifs is 1. The van der Waals surface area contributed by atoms with E-state index in [0.717, 1.165) is 18.9 Å². The number of hydrogen-bond donors (Lipinski definition) is 2. The minimum Gasteiger partial charge on any atom is -0.477 e. The van der Waals surface area contributed by atoms with E-state index < -0.39 is 17.2 Å². The zero-order valence-electron chi connectivity index (χ0n) is 17.8. The second-order valence-electron chi connectivity index (χ2n) is 8.42. The van der Waals surface area contributed by atoms with Crippen LogP contribution >= 0.6 is 0 Å². The van der Waals surface area contributed by atoms with Crippen LogP contribution in [0.4, 0.5) is 10.1 Å². The molecule has 172 valence electrons. The van der Waals surface area contributed by atoms with Crippen LogP contribution in [0.1, 0.15) is 35.0 Å². The maximum absolute atomic E-state index is 15.1. The fourth-order valence-corrected chi connectivity index (χ4v) is 4.37. The first-order valence-corrected chi connectivity index (χ1v) is 10.8. The summed E-state index contributed by atoms with van der Waals surface area (Å²) in [4.78, 5) is 28.2. The van der Waals surface area contributed by atoms with E-state index >= 15 is 4.39 Å². The van der Waals surface area contributed by atoms with Crippen molar-refractivity contribution in [3.05, 3.63) is 64.1 Å². The molecule has 0 amide bonds. The van der Waals surface area contributed by atoms with Gasteiger partial charge in [-0.05, 0) is 37.1 Å². The van der Waals surface area contributed by atoms with Gasteiger partial charge < -0.3 is 24.2 Å². The van der Waals surface area contributed by atoms with Crippen LogP contribution in [-0.2, 0) is 0 Å². The van der Waals surface area contributed by atoms with Gasteiger partial charge in [-0.2, -0.15) is 0 Å². The number of rotatable bonds is 6. The Kier molecular flexibility index (Phi) is 5.37. The first-order valence-electron chi connectivity index (χ1n) is 10.8. The number of piperazine rings is 1. The van der Waals surface area contributed by atoms with Crippen molar-refractivity contribution in [2.45, 2.75) is 18.9 Å². The van der Waals surface area contributed by atoms with Crippen molar-refractivity contribution in [3.8, 4) is 0 Å². The number of oxime groups is 1. The first kappa shape index (κ1) is 21.2. The number of pyridine rings is 1. The number of aromatic carboxylic acids is 1. The molecule has 0 atom stereocenters. The van der Waals surface area contributed by atoms with Crippen LogP contribution in [0.3, 0.4) is 0 Å². The average Bonchev–Trinajstić information content (AvgIpc) is 3.51. The van der Waals surface area contributed by atoms with Crippen LogP contribution in [0.5, 0.6) is 0 Å². The zero-order chi connectivity index (χ0) is 23.1. The van der Waals surface area contributed by atoms with Crippen LogP contribution in [-0.4, -0.2) is 64.2 Å². The predicted octanol–water partition coefficient (Wildman–Crippen LogP) is 2.77. The lowest BCUT2D eigenvalue weighted by Crippen LogP contribution is -2.48. The molecule has 0 bridgehead atoms. The normalized spacial score (nSPS) is 17.6. The minimum atomic E-state index is -1.31. The van der Waals surface area contributed by atoms with Crippen LogP contribution in [0, 0.1) is 5.82 Å². The van der Waals surface area contributed by atoms with E-state index in [-0.39, 0.29) is 17.0 Å². The lowest BCUT2D eigenvalue weighted by Gasteiger charge is -2.36. The Labute approximate surface area is 187 Å². The summed E-state index contributed by atoms with van der Waals surface area (Å²) in [5, 5.41) is 22.1. The molecule has 3 heterocycles. The molecule has 1 aliphatic carbocycles. The summed E-state index contributed by atoms with van der Waals surface area (Å²) in [5.41, 5.74) is 0.361. The molecule has 2 aliphatic rings. The van der Waals surface area contributed by atoms with Gasteiger partial charge in [0.25, 0.3) is 0 Å². The number of carbonyl (C=O) groups is 1. The highest BCUT2D eigenvalue weighted by atomic mass is 19.1. The van der Waals surface area contributed by atoms with Gasteiger partial charge in [0.2, 0.25) is 5.43 Å². The number of anilines is 1. The molecule has 2 N–H and O–H groups in total. The number of hydrogen-bond acceptors (Lipinski definition) is 7. The second kappa shape index (κ2) is 8.36. The number of benzene rings is 1. The Morgan fingerprint density at radius 2 is 1.97 bits per heavy atom. The lowest BCUT2D eigenvalue weighted by molar-refractivity contribution is 0.0695. The topological polar surface area (TPSA) is 112 Å². The van der Waals surface area contributed by atoms with Crippen molar-refractivity contribution in [1.82, 2.24) is 9.47 Å². The molecule has 10 heteroatoms. The molecule has 3 aromatic rings. The minimum absolute atomic E-state index is 0.0870. The van der Waals surface area contributed by atoms with Crippen molar-refractivity contribution >= 4 is 28.3 Å². The van der Waals surface area contributed by atoms with E-state index in [1.807, 2.05) is 4.90 Å². The third-order valence-electron chi connectivity index (χ3n) is 6.28. The van der Waals surface area contributed by atoms with Gasteiger partial charge in [0.15, 0.2) is 5.76 Å². The van der Waals surface area contributed by atoms with E-state index in [1.165, 1.54) is 12.5 Å². The SMILES string of the molecule is O=C(O)c1cn(C2CC2)c2cc(N3CCN(C/C(=N/O)c4ccco4)CC3)c(F)cc2c1=O. The summed E-state index contributed by atoms with van der Waals surface area (Å²) in [6, 6.07) is 6.40. The predicted molar refractivity (Wildman–Crippen MR) is 119 cm³/mol. The highest BCUT2D eigenvalue weighted by Gasteiger charge is 2.28. The van der Waals surface area contributed by atoms with Gasteiger partial charge in [0.05, 0.1) is 17.5 Å². The third kappa shape index (κ3) is 3.97. The second-order valence-corrected chi connectivity index (χ2v) is 8.42. The number of nitrogens with zero attached hydrogens (tertiary/aromatic N) is 4. The number of aromatic nitrogens is 1. The largest absolute Gasteiger partial charge is 0.477 e. The Balaban J connectivity index is 1.40. The number of furan rings is 1. The van der Waals surface area contributed by atoms with E-state index in [9.17, 15) is 19.9 Å². The van der Waals surface area contributed by atoms with E-state index in [2.05, 4.69) is 10.1 Å². The summed E-state index contributed by atoms with van der Waals surface area (Å²) in [6.07, 6.45) is 4.69. The van der Waals surface area contributed by atoms with Crippen molar-refractivity contribution in [2.24, 2.45) is 5.16 Å². The van der Waals surface area contributed by atoms with Crippen molar-refractivity contribution in [2.75, 3.05) is 37.6 Å². The third-order valence-corrected chi connectivity index (χ3v) is 6.28. The summed E-state index contributed by atoms with van der Waals surface area (Å²) in [6.45, 7) is 2.72. The molecule has 2 fully saturated rings. The summed E-state index contributed by atoms with van der Waals surface area (Å²) < 4.78 is 22.2. The van der Waals surface area contributed by atoms with Crippen LogP contribution in [0.25, 0.3) is 10.9 Å². The quantitative estimate of drug-likeness (QED) is 0.335. The number of halogens is 1. The molecular formula is C23H23FN4O5. The molecular weight excluding hydrogens is 431 g/mol. The molecule has 1 saturated heterocycles. The van der Waals surface area contributed by atoms with Gasteiger partial charge in [-0.25, -0.2) is 9.18 Å². The summed E-state index contributed by atoms with van der Waals surface area (Å²) in [7, 11) is 0. The summed E-state index contributed by atoms with van der Waals surface area (Å²) >= 11 is 0. The monoisotopic (exact) mass is 454 g/mol.